The highest BCUT2D eigenvalue weighted by Gasteiger charge is 2.38. The van der Waals surface area contributed by atoms with Gasteiger partial charge in [-0.1, -0.05) is 0 Å². The molecule has 1 N–H and O–H groups in total. The first-order chi connectivity index (χ1) is 9.64. The molecule has 0 bridgehead atoms. The number of halogens is 6. The molecule has 0 spiro atoms. The molecule has 114 valence electrons. The Morgan fingerprint density at radius 2 is 1.52 bits per heavy atom. The van der Waals surface area contributed by atoms with Crippen molar-refractivity contribution in [2.45, 2.75) is 19.0 Å². The summed E-state index contributed by atoms with van der Waals surface area (Å²) in [7, 11) is 0. The Kier molecular flexibility index (Phi) is 3.70. The van der Waals surface area contributed by atoms with Gasteiger partial charge >= 0.3 is 12.4 Å². The van der Waals surface area contributed by atoms with Crippen molar-refractivity contribution in [1.29, 1.82) is 0 Å². The van der Waals surface area contributed by atoms with Crippen molar-refractivity contribution in [3.63, 3.8) is 0 Å². The third kappa shape index (κ3) is 3.02. The lowest BCUT2D eigenvalue weighted by Crippen LogP contribution is -2.15. The molecule has 0 aliphatic carbocycles. The summed E-state index contributed by atoms with van der Waals surface area (Å²) in [5, 5.41) is 12.4. The molecule has 0 amide bonds. The van der Waals surface area contributed by atoms with Gasteiger partial charge in [0.25, 0.3) is 0 Å². The third-order valence-electron chi connectivity index (χ3n) is 2.72. The van der Waals surface area contributed by atoms with Gasteiger partial charge in [-0.3, -0.25) is 0 Å². The Hall–Kier alpha value is -2.03. The second-order valence-electron chi connectivity index (χ2n) is 4.13. The molecule has 2 aromatic rings. The van der Waals surface area contributed by atoms with E-state index in [-0.39, 0.29) is 5.69 Å². The van der Waals surface area contributed by atoms with Gasteiger partial charge in [0.1, 0.15) is 0 Å². The number of nitrogens with zero attached hydrogens (tertiary/aromatic N) is 2. The number of aliphatic hydroxyl groups excluding tert-OH is 1. The van der Waals surface area contributed by atoms with Crippen LogP contribution in [-0.2, 0) is 19.0 Å². The van der Waals surface area contributed by atoms with Crippen molar-refractivity contribution < 1.29 is 31.4 Å². The second kappa shape index (κ2) is 5.06. The SMILES string of the molecule is OCc1cnn(-c2ccc(C(F)(F)F)cc2)c1C(F)(F)F. The van der Waals surface area contributed by atoms with Gasteiger partial charge in [-0.2, -0.15) is 31.4 Å². The molecule has 9 heteroatoms. The van der Waals surface area contributed by atoms with Crippen molar-refractivity contribution >= 4 is 0 Å². The average Bonchev–Trinajstić information content (AvgIpc) is 2.81. The fourth-order valence-electron chi connectivity index (χ4n) is 1.79. The molecule has 1 aromatic heterocycles. The first-order valence-corrected chi connectivity index (χ1v) is 5.57. The molecule has 2 rings (SSSR count). The maximum Gasteiger partial charge on any atom is 0.433 e. The van der Waals surface area contributed by atoms with Crippen LogP contribution in [0.4, 0.5) is 26.3 Å². The lowest BCUT2D eigenvalue weighted by Gasteiger charge is -2.13. The zero-order valence-corrected chi connectivity index (χ0v) is 10.2. The van der Waals surface area contributed by atoms with Crippen LogP contribution in [-0.4, -0.2) is 14.9 Å². The number of alkyl halides is 6. The van der Waals surface area contributed by atoms with Gasteiger partial charge in [0.05, 0.1) is 24.1 Å². The molecule has 0 saturated heterocycles. The van der Waals surface area contributed by atoms with E-state index >= 15 is 0 Å². The summed E-state index contributed by atoms with van der Waals surface area (Å²) >= 11 is 0. The predicted molar refractivity (Wildman–Crippen MR) is 59.5 cm³/mol. The number of hydrogen-bond donors (Lipinski definition) is 1. The summed E-state index contributed by atoms with van der Waals surface area (Å²) in [5.74, 6) is 0. The molecule has 0 radical (unpaired) electrons. The van der Waals surface area contributed by atoms with Gasteiger partial charge in [-0.25, -0.2) is 4.68 Å². The maximum atomic E-state index is 12.9. The van der Waals surface area contributed by atoms with Gasteiger partial charge in [-0.15, -0.1) is 0 Å². The van der Waals surface area contributed by atoms with Crippen LogP contribution >= 0.6 is 0 Å². The molecule has 21 heavy (non-hydrogen) atoms. The zero-order valence-electron chi connectivity index (χ0n) is 10.2. The Balaban J connectivity index is 2.50. The number of benzene rings is 1. The third-order valence-corrected chi connectivity index (χ3v) is 2.72. The molecule has 0 aliphatic heterocycles. The number of aromatic nitrogens is 2. The molecule has 1 heterocycles. The summed E-state index contributed by atoms with van der Waals surface area (Å²) in [4.78, 5) is 0. The van der Waals surface area contributed by atoms with Gasteiger partial charge in [-0.05, 0) is 24.3 Å². The molecule has 0 unspecified atom stereocenters. The lowest BCUT2D eigenvalue weighted by atomic mass is 10.2. The van der Waals surface area contributed by atoms with E-state index in [0.29, 0.717) is 16.8 Å². The number of rotatable bonds is 2. The minimum absolute atomic E-state index is 0.185. The summed E-state index contributed by atoms with van der Waals surface area (Å²) in [6.45, 7) is -0.879. The fourth-order valence-corrected chi connectivity index (χ4v) is 1.79. The highest BCUT2D eigenvalue weighted by Crippen LogP contribution is 2.34. The largest absolute Gasteiger partial charge is 0.433 e. The minimum atomic E-state index is -4.79. The van der Waals surface area contributed by atoms with Crippen molar-refractivity contribution in [3.8, 4) is 5.69 Å². The van der Waals surface area contributed by atoms with Crippen molar-refractivity contribution in [2.75, 3.05) is 0 Å². The van der Waals surface area contributed by atoms with Crippen LogP contribution in [0, 0.1) is 0 Å². The highest BCUT2D eigenvalue weighted by molar-refractivity contribution is 5.38. The van der Waals surface area contributed by atoms with Gasteiger partial charge < -0.3 is 5.11 Å². The van der Waals surface area contributed by atoms with Crippen LogP contribution in [0.15, 0.2) is 30.5 Å². The number of hydrogen-bond acceptors (Lipinski definition) is 2. The van der Waals surface area contributed by atoms with Gasteiger partial charge in [0.15, 0.2) is 5.69 Å². The van der Waals surface area contributed by atoms with Crippen LogP contribution in [0.25, 0.3) is 5.69 Å². The Morgan fingerprint density at radius 3 is 1.95 bits per heavy atom. The van der Waals surface area contributed by atoms with E-state index in [2.05, 4.69) is 5.10 Å². The summed E-state index contributed by atoms with van der Waals surface area (Å²) < 4.78 is 76.5. The molecule has 1 aromatic carbocycles. The Labute approximate surface area is 114 Å². The first-order valence-electron chi connectivity index (χ1n) is 5.57. The standard InChI is InChI=1S/C12H8F6N2O/c13-11(14,15)8-1-3-9(4-2-8)20-10(12(16,17)18)7(6-21)5-19-20/h1-5,21H,6H2. The van der Waals surface area contributed by atoms with Gasteiger partial charge in [0.2, 0.25) is 0 Å². The van der Waals surface area contributed by atoms with Crippen molar-refractivity contribution in [2.24, 2.45) is 0 Å². The van der Waals surface area contributed by atoms with E-state index in [9.17, 15) is 26.3 Å². The highest BCUT2D eigenvalue weighted by atomic mass is 19.4. The Bertz CT molecular complexity index is 627. The maximum absolute atomic E-state index is 12.9. The predicted octanol–water partition coefficient (Wildman–Crippen LogP) is 3.40. The molecular formula is C12H8F6N2O. The van der Waals surface area contributed by atoms with E-state index in [0.717, 1.165) is 18.3 Å². The van der Waals surface area contributed by atoms with Crippen LogP contribution in [0.5, 0.6) is 0 Å². The van der Waals surface area contributed by atoms with Crippen molar-refractivity contribution in [3.05, 3.63) is 47.3 Å². The van der Waals surface area contributed by atoms with E-state index in [1.807, 2.05) is 0 Å². The first kappa shape index (κ1) is 15.4. The fraction of sp³-hybridized carbons (Fsp3) is 0.250. The van der Waals surface area contributed by atoms with Crippen LogP contribution in [0.3, 0.4) is 0 Å². The topological polar surface area (TPSA) is 38.1 Å². The Morgan fingerprint density at radius 1 is 0.952 bits per heavy atom. The normalized spacial score (nSPS) is 12.7. The monoisotopic (exact) mass is 310 g/mol. The van der Waals surface area contributed by atoms with Crippen molar-refractivity contribution in [1.82, 2.24) is 9.78 Å². The van der Waals surface area contributed by atoms with Gasteiger partial charge in [0, 0.05) is 5.56 Å². The van der Waals surface area contributed by atoms with E-state index in [4.69, 9.17) is 5.11 Å². The summed E-state index contributed by atoms with van der Waals surface area (Å²) in [6.07, 6.45) is -8.55. The van der Waals surface area contributed by atoms with Crippen LogP contribution in [0.2, 0.25) is 0 Å². The molecular weight excluding hydrogens is 302 g/mol. The molecule has 3 nitrogen and oxygen atoms in total. The quantitative estimate of drug-likeness (QED) is 0.863. The zero-order chi connectivity index (χ0) is 15.8. The smallest absolute Gasteiger partial charge is 0.392 e. The summed E-state index contributed by atoms with van der Waals surface area (Å²) in [6, 6.07) is 3.09. The van der Waals surface area contributed by atoms with E-state index in [1.54, 1.807) is 0 Å². The molecule has 0 saturated carbocycles. The average molecular weight is 310 g/mol. The molecule has 0 atom stereocenters. The number of aliphatic hydroxyl groups is 1. The molecule has 0 aliphatic rings. The van der Waals surface area contributed by atoms with Crippen LogP contribution in [0.1, 0.15) is 16.8 Å². The molecule has 0 fully saturated rings. The van der Waals surface area contributed by atoms with E-state index in [1.165, 1.54) is 0 Å². The minimum Gasteiger partial charge on any atom is -0.392 e. The second-order valence-corrected chi connectivity index (χ2v) is 4.13. The lowest BCUT2D eigenvalue weighted by molar-refractivity contribution is -0.144. The van der Waals surface area contributed by atoms with E-state index < -0.39 is 35.8 Å². The van der Waals surface area contributed by atoms with Crippen LogP contribution < -0.4 is 0 Å². The summed E-state index contributed by atoms with van der Waals surface area (Å²) in [5.41, 5.74) is -2.84.